The molecular weight excluding hydrogens is 457 g/mol. The first-order valence-corrected chi connectivity index (χ1v) is 12.3. The number of amides is 1. The van der Waals surface area contributed by atoms with Crippen molar-refractivity contribution in [3.8, 4) is 11.4 Å². The SMILES string of the molecule is [CH2]C(=O)N[C@@H]1CCN(c2cccc(-c3cnc4ccc(N5CCC[C@@H]5c5cccc(F)c5)nn34)n2)C1. The fraction of sp³-hybridized carbons (Fsp3) is 0.296. The largest absolute Gasteiger partial charge is 0.354 e. The van der Waals surface area contributed by atoms with E-state index < -0.39 is 0 Å². The molecule has 3 aromatic heterocycles. The number of benzene rings is 1. The van der Waals surface area contributed by atoms with Crippen LogP contribution in [0.1, 0.15) is 30.9 Å². The van der Waals surface area contributed by atoms with E-state index in [1.807, 2.05) is 40.9 Å². The number of rotatable bonds is 5. The van der Waals surface area contributed by atoms with Gasteiger partial charge >= 0.3 is 0 Å². The Balaban J connectivity index is 1.30. The van der Waals surface area contributed by atoms with Crippen LogP contribution in [-0.2, 0) is 4.79 Å². The summed E-state index contributed by atoms with van der Waals surface area (Å²) < 4.78 is 15.7. The minimum Gasteiger partial charge on any atom is -0.354 e. The number of carbonyl (C=O) groups is 1. The number of carbonyl (C=O) groups excluding carboxylic acids is 1. The standard InChI is InChI=1S/C27H27FN7O/c1-18(36)30-21-12-14-33(17-21)26-9-3-7-22(31-26)24-16-29-25-10-11-27(32-35(24)25)34-13-4-8-23(34)19-5-2-6-20(28)15-19/h2-3,5-7,9-11,15-16,21,23H,1,4,8,12-14,17H2,(H,30,36)/t21-,23-/m1/s1. The van der Waals surface area contributed by atoms with Gasteiger partial charge in [0.2, 0.25) is 5.91 Å². The van der Waals surface area contributed by atoms with Crippen LogP contribution in [0.2, 0.25) is 0 Å². The zero-order chi connectivity index (χ0) is 24.6. The van der Waals surface area contributed by atoms with Crippen molar-refractivity contribution >= 4 is 23.2 Å². The summed E-state index contributed by atoms with van der Waals surface area (Å²) in [4.78, 5) is 25.2. The van der Waals surface area contributed by atoms with Gasteiger partial charge in [0, 0.05) is 32.6 Å². The Labute approximate surface area is 208 Å². The smallest absolute Gasteiger partial charge is 0.220 e. The Bertz CT molecular complexity index is 1420. The van der Waals surface area contributed by atoms with E-state index in [0.717, 1.165) is 66.6 Å². The number of hydrogen-bond acceptors (Lipinski definition) is 6. The molecule has 2 aliphatic heterocycles. The fourth-order valence-corrected chi connectivity index (χ4v) is 5.35. The lowest BCUT2D eigenvalue weighted by Crippen LogP contribution is -2.35. The van der Waals surface area contributed by atoms with Crippen molar-refractivity contribution in [3.63, 3.8) is 0 Å². The maximum Gasteiger partial charge on any atom is 0.220 e. The molecule has 1 N–H and O–H groups in total. The molecular formula is C27H27FN7O. The first-order valence-electron chi connectivity index (χ1n) is 12.3. The van der Waals surface area contributed by atoms with Crippen LogP contribution in [0.15, 0.2) is 60.8 Å². The monoisotopic (exact) mass is 484 g/mol. The van der Waals surface area contributed by atoms with E-state index in [1.54, 1.807) is 18.3 Å². The molecule has 0 aliphatic carbocycles. The van der Waals surface area contributed by atoms with E-state index in [1.165, 1.54) is 6.07 Å². The van der Waals surface area contributed by atoms with Gasteiger partial charge in [0.25, 0.3) is 0 Å². The third-order valence-corrected chi connectivity index (χ3v) is 7.00. The van der Waals surface area contributed by atoms with E-state index in [9.17, 15) is 9.18 Å². The quantitative estimate of drug-likeness (QED) is 0.464. The molecule has 8 nitrogen and oxygen atoms in total. The summed E-state index contributed by atoms with van der Waals surface area (Å²) >= 11 is 0. The van der Waals surface area contributed by atoms with Crippen LogP contribution < -0.4 is 15.1 Å². The van der Waals surface area contributed by atoms with E-state index in [4.69, 9.17) is 10.1 Å². The molecule has 4 aromatic rings. The van der Waals surface area contributed by atoms with Gasteiger partial charge in [-0.25, -0.2) is 18.9 Å². The number of anilines is 2. The highest BCUT2D eigenvalue weighted by atomic mass is 19.1. The van der Waals surface area contributed by atoms with Crippen molar-refractivity contribution in [1.29, 1.82) is 0 Å². The molecule has 0 bridgehead atoms. The Morgan fingerprint density at radius 2 is 1.94 bits per heavy atom. The molecule has 5 heterocycles. The molecule has 1 radical (unpaired) electrons. The molecule has 0 unspecified atom stereocenters. The average Bonchev–Trinajstić information content (AvgIpc) is 3.63. The molecule has 183 valence electrons. The fourth-order valence-electron chi connectivity index (χ4n) is 5.35. The highest BCUT2D eigenvalue weighted by molar-refractivity contribution is 5.80. The Hall–Kier alpha value is -4.01. The van der Waals surface area contributed by atoms with E-state index >= 15 is 0 Å². The summed E-state index contributed by atoms with van der Waals surface area (Å²) in [7, 11) is 0. The number of imidazole rings is 1. The number of nitrogens with zero attached hydrogens (tertiary/aromatic N) is 6. The Morgan fingerprint density at radius 1 is 1.06 bits per heavy atom. The van der Waals surface area contributed by atoms with Crippen LogP contribution in [0.25, 0.3) is 17.0 Å². The van der Waals surface area contributed by atoms with Crippen molar-refractivity contribution in [2.75, 3.05) is 29.4 Å². The van der Waals surface area contributed by atoms with Crippen molar-refractivity contribution in [2.24, 2.45) is 0 Å². The lowest BCUT2D eigenvalue weighted by atomic mass is 10.0. The van der Waals surface area contributed by atoms with Gasteiger partial charge in [-0.15, -0.1) is 5.10 Å². The van der Waals surface area contributed by atoms with Gasteiger partial charge in [0.15, 0.2) is 5.65 Å². The lowest BCUT2D eigenvalue weighted by Gasteiger charge is -2.26. The van der Waals surface area contributed by atoms with Gasteiger partial charge in [-0.05, 0) is 61.2 Å². The van der Waals surface area contributed by atoms with Crippen LogP contribution in [0.3, 0.4) is 0 Å². The van der Waals surface area contributed by atoms with Gasteiger partial charge in [0.05, 0.1) is 17.9 Å². The third-order valence-electron chi connectivity index (χ3n) is 7.00. The molecule has 1 amide bonds. The van der Waals surface area contributed by atoms with Crippen molar-refractivity contribution in [1.82, 2.24) is 24.9 Å². The van der Waals surface area contributed by atoms with Gasteiger partial charge in [-0.1, -0.05) is 18.2 Å². The van der Waals surface area contributed by atoms with Gasteiger partial charge in [-0.2, -0.15) is 0 Å². The number of fused-ring (bicyclic) bond motifs is 1. The average molecular weight is 485 g/mol. The van der Waals surface area contributed by atoms with Gasteiger partial charge in [-0.3, -0.25) is 4.79 Å². The van der Waals surface area contributed by atoms with E-state index in [0.29, 0.717) is 6.54 Å². The summed E-state index contributed by atoms with van der Waals surface area (Å²) in [5.74, 6) is 1.21. The number of aromatic nitrogens is 4. The number of hydrogen-bond donors (Lipinski definition) is 1. The molecule has 0 spiro atoms. The number of halogens is 1. The molecule has 2 atom stereocenters. The topological polar surface area (TPSA) is 78.7 Å². The third kappa shape index (κ3) is 4.25. The summed E-state index contributed by atoms with van der Waals surface area (Å²) in [6, 6.07) is 16.9. The minimum absolute atomic E-state index is 0.0759. The Kier molecular flexibility index (Phi) is 5.75. The molecule has 9 heteroatoms. The summed E-state index contributed by atoms with van der Waals surface area (Å²) in [5, 5.41) is 7.83. The molecule has 2 aliphatic rings. The molecule has 2 saturated heterocycles. The first kappa shape index (κ1) is 22.5. The molecule has 2 fully saturated rings. The van der Waals surface area contributed by atoms with Crippen molar-refractivity contribution < 1.29 is 9.18 Å². The summed E-state index contributed by atoms with van der Waals surface area (Å²) in [6.07, 6.45) is 4.62. The second-order valence-electron chi connectivity index (χ2n) is 9.39. The maximum absolute atomic E-state index is 13.9. The molecule has 1 aromatic carbocycles. The summed E-state index contributed by atoms with van der Waals surface area (Å²) in [6.45, 7) is 5.79. The number of nitrogens with one attached hydrogen (secondary N) is 1. The minimum atomic E-state index is -0.256. The maximum atomic E-state index is 13.9. The molecule has 36 heavy (non-hydrogen) atoms. The van der Waals surface area contributed by atoms with Gasteiger partial charge < -0.3 is 15.1 Å². The van der Waals surface area contributed by atoms with Crippen molar-refractivity contribution in [2.45, 2.75) is 31.3 Å². The second-order valence-corrected chi connectivity index (χ2v) is 9.39. The highest BCUT2D eigenvalue weighted by Crippen LogP contribution is 2.35. The van der Waals surface area contributed by atoms with Gasteiger partial charge in [0.1, 0.15) is 23.1 Å². The zero-order valence-corrected chi connectivity index (χ0v) is 19.8. The Morgan fingerprint density at radius 3 is 2.81 bits per heavy atom. The molecule has 6 rings (SSSR count). The predicted octanol–water partition coefficient (Wildman–Crippen LogP) is 3.80. The second kappa shape index (κ2) is 9.22. The number of pyridine rings is 1. The summed E-state index contributed by atoms with van der Waals surface area (Å²) in [5.41, 5.74) is 3.28. The zero-order valence-electron chi connectivity index (χ0n) is 19.8. The van der Waals surface area contributed by atoms with Crippen LogP contribution >= 0.6 is 0 Å². The highest BCUT2D eigenvalue weighted by Gasteiger charge is 2.28. The van der Waals surface area contributed by atoms with Crippen molar-refractivity contribution in [3.05, 3.63) is 79.1 Å². The van der Waals surface area contributed by atoms with Crippen LogP contribution in [0.5, 0.6) is 0 Å². The lowest BCUT2D eigenvalue weighted by molar-refractivity contribution is -0.117. The normalized spacial score (nSPS) is 19.8. The predicted molar refractivity (Wildman–Crippen MR) is 136 cm³/mol. The van der Waals surface area contributed by atoms with Crippen LogP contribution in [0, 0.1) is 12.7 Å². The first-order chi connectivity index (χ1) is 17.5. The van der Waals surface area contributed by atoms with E-state index in [-0.39, 0.29) is 23.8 Å². The van der Waals surface area contributed by atoms with Crippen LogP contribution in [0.4, 0.5) is 16.0 Å². The molecule has 0 saturated carbocycles. The van der Waals surface area contributed by atoms with Crippen LogP contribution in [-0.4, -0.2) is 51.2 Å². The van der Waals surface area contributed by atoms with E-state index in [2.05, 4.69) is 27.0 Å².